The number of para-hydroxylation sites is 1. The van der Waals surface area contributed by atoms with Crippen molar-refractivity contribution < 1.29 is 0 Å². The zero-order chi connectivity index (χ0) is 10.8. The molecule has 80 valence electrons. The highest BCUT2D eigenvalue weighted by Gasteiger charge is 2.23. The van der Waals surface area contributed by atoms with Crippen molar-refractivity contribution in [2.24, 2.45) is 5.73 Å². The number of benzene rings is 1. The van der Waals surface area contributed by atoms with E-state index in [-0.39, 0.29) is 6.04 Å². The Kier molecular flexibility index (Phi) is 2.78. The molecule has 2 N–H and O–H groups in total. The Hall–Kier alpha value is -1.28. The molecule has 0 fully saturated rings. The largest absolute Gasteiger partial charge is 0.364 e. The van der Waals surface area contributed by atoms with Crippen LogP contribution in [0.25, 0.3) is 0 Å². The van der Waals surface area contributed by atoms with Gasteiger partial charge in [-0.25, -0.2) is 0 Å². The van der Waals surface area contributed by atoms with Gasteiger partial charge in [0.05, 0.1) is 0 Å². The van der Waals surface area contributed by atoms with E-state index in [0.717, 1.165) is 13.0 Å². The van der Waals surface area contributed by atoms with Gasteiger partial charge in [-0.3, -0.25) is 0 Å². The Labute approximate surface area is 91.4 Å². The molecule has 1 heterocycles. The van der Waals surface area contributed by atoms with Crippen LogP contribution < -0.4 is 10.6 Å². The molecule has 0 spiro atoms. The van der Waals surface area contributed by atoms with Crippen LogP contribution in [-0.4, -0.2) is 18.6 Å². The van der Waals surface area contributed by atoms with Crippen LogP contribution in [0, 0.1) is 0 Å². The van der Waals surface area contributed by atoms with Gasteiger partial charge in [0.2, 0.25) is 0 Å². The van der Waals surface area contributed by atoms with Crippen molar-refractivity contribution in [3.8, 4) is 0 Å². The van der Waals surface area contributed by atoms with E-state index in [0.29, 0.717) is 6.04 Å². The first-order chi connectivity index (χ1) is 7.22. The van der Waals surface area contributed by atoms with E-state index in [9.17, 15) is 0 Å². The van der Waals surface area contributed by atoms with Gasteiger partial charge in [0.25, 0.3) is 0 Å². The molecule has 15 heavy (non-hydrogen) atoms. The van der Waals surface area contributed by atoms with Crippen molar-refractivity contribution in [1.82, 2.24) is 0 Å². The molecule has 1 aliphatic heterocycles. The summed E-state index contributed by atoms with van der Waals surface area (Å²) < 4.78 is 0. The second-order valence-electron chi connectivity index (χ2n) is 4.22. The van der Waals surface area contributed by atoms with E-state index in [4.69, 9.17) is 5.73 Å². The van der Waals surface area contributed by atoms with Gasteiger partial charge in [-0.1, -0.05) is 24.3 Å². The number of fused-ring (bicyclic) bond motifs is 1. The number of nitrogens with two attached hydrogens (primary N) is 1. The van der Waals surface area contributed by atoms with Crippen LogP contribution in [0.5, 0.6) is 0 Å². The number of hydrogen-bond acceptors (Lipinski definition) is 2. The van der Waals surface area contributed by atoms with Crippen LogP contribution in [0.15, 0.2) is 36.9 Å². The van der Waals surface area contributed by atoms with E-state index < -0.39 is 0 Å². The first-order valence-corrected chi connectivity index (χ1v) is 5.45. The first-order valence-electron chi connectivity index (χ1n) is 5.45. The number of nitrogens with zero attached hydrogens (tertiary/aromatic N) is 1. The summed E-state index contributed by atoms with van der Waals surface area (Å²) in [4.78, 5) is 2.33. The molecule has 1 aliphatic rings. The molecule has 0 bridgehead atoms. The lowest BCUT2D eigenvalue weighted by Crippen LogP contribution is -2.46. The summed E-state index contributed by atoms with van der Waals surface area (Å²) >= 11 is 0. The molecule has 0 radical (unpaired) electrons. The Morgan fingerprint density at radius 2 is 2.27 bits per heavy atom. The topological polar surface area (TPSA) is 29.3 Å². The van der Waals surface area contributed by atoms with Crippen LogP contribution >= 0.6 is 0 Å². The van der Waals surface area contributed by atoms with Gasteiger partial charge < -0.3 is 10.6 Å². The molecule has 0 aliphatic carbocycles. The second-order valence-corrected chi connectivity index (χ2v) is 4.22. The maximum absolute atomic E-state index is 6.06. The normalized spacial score (nSPS) is 22.0. The summed E-state index contributed by atoms with van der Waals surface area (Å²) in [5.74, 6) is 0. The average Bonchev–Trinajstić information content (AvgIpc) is 2.26. The SMILES string of the molecule is C=CC(C)N1CC(N)Cc2ccccc21. The molecule has 0 amide bonds. The summed E-state index contributed by atoms with van der Waals surface area (Å²) in [7, 11) is 0. The average molecular weight is 202 g/mol. The summed E-state index contributed by atoms with van der Waals surface area (Å²) in [6.45, 7) is 6.93. The Bertz CT molecular complexity index is 359. The molecular formula is C13H18N2. The van der Waals surface area contributed by atoms with Crippen molar-refractivity contribution in [1.29, 1.82) is 0 Å². The molecule has 2 heteroatoms. The molecule has 1 aromatic rings. The predicted molar refractivity (Wildman–Crippen MR) is 65.1 cm³/mol. The standard InChI is InChI=1S/C13H18N2/c1-3-10(2)15-9-12(14)8-11-6-4-5-7-13(11)15/h3-7,10,12H,1,8-9,14H2,2H3. The summed E-state index contributed by atoms with van der Waals surface area (Å²) in [5.41, 5.74) is 8.72. The second kappa shape index (κ2) is 4.07. The van der Waals surface area contributed by atoms with Crippen LogP contribution in [-0.2, 0) is 6.42 Å². The van der Waals surface area contributed by atoms with E-state index in [1.807, 2.05) is 6.08 Å². The van der Waals surface area contributed by atoms with Gasteiger partial charge in [-0.05, 0) is 25.0 Å². The molecule has 1 aromatic carbocycles. The molecule has 0 saturated carbocycles. The van der Waals surface area contributed by atoms with E-state index >= 15 is 0 Å². The lowest BCUT2D eigenvalue weighted by molar-refractivity contribution is 0.580. The highest BCUT2D eigenvalue weighted by atomic mass is 15.2. The first kappa shape index (κ1) is 10.2. The van der Waals surface area contributed by atoms with Gasteiger partial charge in [-0.2, -0.15) is 0 Å². The lowest BCUT2D eigenvalue weighted by Gasteiger charge is -2.37. The third-order valence-corrected chi connectivity index (χ3v) is 3.05. The quantitative estimate of drug-likeness (QED) is 0.743. The third-order valence-electron chi connectivity index (χ3n) is 3.05. The third kappa shape index (κ3) is 1.90. The van der Waals surface area contributed by atoms with Gasteiger partial charge in [0.1, 0.15) is 0 Å². The van der Waals surface area contributed by atoms with E-state index in [1.54, 1.807) is 0 Å². The Morgan fingerprint density at radius 3 is 3.00 bits per heavy atom. The van der Waals surface area contributed by atoms with Crippen LogP contribution in [0.3, 0.4) is 0 Å². The number of anilines is 1. The van der Waals surface area contributed by atoms with Crippen molar-refractivity contribution in [2.75, 3.05) is 11.4 Å². The predicted octanol–water partition coefficient (Wildman–Crippen LogP) is 1.95. The number of rotatable bonds is 2. The van der Waals surface area contributed by atoms with Crippen molar-refractivity contribution in [3.63, 3.8) is 0 Å². The molecule has 2 nitrogen and oxygen atoms in total. The minimum absolute atomic E-state index is 0.238. The Morgan fingerprint density at radius 1 is 1.53 bits per heavy atom. The van der Waals surface area contributed by atoms with Crippen LogP contribution in [0.1, 0.15) is 12.5 Å². The molecule has 0 saturated heterocycles. The molecule has 2 unspecified atom stereocenters. The molecule has 2 rings (SSSR count). The van der Waals surface area contributed by atoms with Gasteiger partial charge in [0.15, 0.2) is 0 Å². The fourth-order valence-corrected chi connectivity index (χ4v) is 2.17. The monoisotopic (exact) mass is 202 g/mol. The van der Waals surface area contributed by atoms with Crippen LogP contribution in [0.2, 0.25) is 0 Å². The lowest BCUT2D eigenvalue weighted by atomic mass is 9.97. The summed E-state index contributed by atoms with van der Waals surface area (Å²) in [6, 6.07) is 9.07. The highest BCUT2D eigenvalue weighted by Crippen LogP contribution is 2.28. The maximum atomic E-state index is 6.06. The summed E-state index contributed by atoms with van der Waals surface area (Å²) in [5, 5.41) is 0. The molecule has 0 aromatic heterocycles. The zero-order valence-corrected chi connectivity index (χ0v) is 9.19. The van der Waals surface area contributed by atoms with E-state index in [1.165, 1.54) is 11.3 Å². The summed E-state index contributed by atoms with van der Waals surface area (Å²) in [6.07, 6.45) is 2.95. The van der Waals surface area contributed by atoms with Gasteiger partial charge in [-0.15, -0.1) is 6.58 Å². The number of hydrogen-bond donors (Lipinski definition) is 1. The zero-order valence-electron chi connectivity index (χ0n) is 9.19. The van der Waals surface area contributed by atoms with Crippen molar-refractivity contribution >= 4 is 5.69 Å². The van der Waals surface area contributed by atoms with Gasteiger partial charge in [0, 0.05) is 24.3 Å². The maximum Gasteiger partial charge on any atom is 0.0442 e. The Balaban J connectivity index is 2.37. The van der Waals surface area contributed by atoms with Crippen LogP contribution in [0.4, 0.5) is 5.69 Å². The van der Waals surface area contributed by atoms with Crippen molar-refractivity contribution in [3.05, 3.63) is 42.5 Å². The fourth-order valence-electron chi connectivity index (χ4n) is 2.17. The fraction of sp³-hybridized carbons (Fsp3) is 0.385. The molecular weight excluding hydrogens is 184 g/mol. The van der Waals surface area contributed by atoms with Crippen molar-refractivity contribution in [2.45, 2.75) is 25.4 Å². The highest BCUT2D eigenvalue weighted by molar-refractivity contribution is 5.57. The van der Waals surface area contributed by atoms with E-state index in [2.05, 4.69) is 42.7 Å². The minimum atomic E-state index is 0.238. The van der Waals surface area contributed by atoms with Gasteiger partial charge >= 0.3 is 0 Å². The smallest absolute Gasteiger partial charge is 0.0442 e. The molecule has 2 atom stereocenters. The minimum Gasteiger partial charge on any atom is -0.364 e.